The van der Waals surface area contributed by atoms with Crippen LogP contribution in [0.4, 0.5) is 0 Å². The molecule has 0 aromatic heterocycles. The first kappa shape index (κ1) is 63.1. The monoisotopic (exact) mass is 1050 g/mol. The first-order valence-corrected chi connectivity index (χ1v) is 24.6. The van der Waals surface area contributed by atoms with Gasteiger partial charge in [0.25, 0.3) is 0 Å². The first-order chi connectivity index (χ1) is 35.2. The van der Waals surface area contributed by atoms with Crippen molar-refractivity contribution in [1.82, 2.24) is 42.1 Å². The number of aliphatic hydroxyl groups is 1. The molecule has 1 fully saturated rings. The van der Waals surface area contributed by atoms with Gasteiger partial charge in [-0.05, 0) is 108 Å². The first-order valence-electron chi connectivity index (χ1n) is 24.6. The standard InChI is InChI=1S/C46H78N16O12/c1-26(56-43(71)37(35(64)24-50)61-39(67)29(51)9-2-4-18-47)38(66)55-25-36(65)57-31(11-6-20-49)44(72)62-22-8-13-34(62)42(70)60-33(23-27-14-16-28(63)17-15-27)41(69)58-30(10-3-5-19-48)40(68)59-32(45(73)74)12-7-21-54-46(52)53/h12,14-17,26,29-31,33-35,37,63-64H,2-11,13,18-25,47-51H2,1H3,(H,55,66)(H,56,71)(H,57,65)(H,58,69)(H,59,68)(H,60,70)(H,61,67)(H,73,74)(H4,52,53,54)/b32-12-/t26-,29-,30-,31+,33-,34-,35-,37-/m0/s1. The second kappa shape index (κ2) is 33.7. The SMILES string of the molecule is C[C@H](NC(=O)[C@@H](NC(=O)[C@@H](N)CCCCN)[C@@H](O)CN)C(=O)NCC(=O)N[C@H](CCCN)C(=O)N1CCC[C@H]1C(=O)N[C@@H](Cc1ccc(O)cc1)C(=O)N[C@@H](CCCCN)C(=O)N/C(=C\CCN=C(N)N)C(=O)O. The van der Waals surface area contributed by atoms with E-state index >= 15 is 0 Å². The Bertz CT molecular complexity index is 2090. The van der Waals surface area contributed by atoms with Crippen LogP contribution in [0.15, 0.2) is 41.0 Å². The number of carbonyl (C=O) groups is 9. The van der Waals surface area contributed by atoms with Crippen LogP contribution >= 0.6 is 0 Å². The van der Waals surface area contributed by atoms with Gasteiger partial charge in [0.1, 0.15) is 47.7 Å². The van der Waals surface area contributed by atoms with Gasteiger partial charge in [-0.15, -0.1) is 0 Å². The Morgan fingerprint density at radius 3 is 2.00 bits per heavy atom. The minimum absolute atomic E-state index is 0.0317. The number of hydrogen-bond donors (Lipinski definition) is 17. The summed E-state index contributed by atoms with van der Waals surface area (Å²) in [6, 6.07) is -3.13. The van der Waals surface area contributed by atoms with E-state index in [-0.39, 0.29) is 82.8 Å². The van der Waals surface area contributed by atoms with Crippen molar-refractivity contribution in [3.05, 3.63) is 41.6 Å². The average Bonchev–Trinajstić information content (AvgIpc) is 3.87. The van der Waals surface area contributed by atoms with E-state index < -0.39 is 120 Å². The molecule has 8 atom stereocenters. The minimum Gasteiger partial charge on any atom is -0.508 e. The molecule has 1 aromatic rings. The minimum atomic E-state index is -1.57. The molecule has 1 aliphatic heterocycles. The number of carboxylic acids is 1. The molecule has 1 heterocycles. The number of carbonyl (C=O) groups excluding carboxylic acids is 8. The van der Waals surface area contributed by atoms with Crippen LogP contribution in [0.2, 0.25) is 0 Å². The Hall–Kier alpha value is -6.98. The third-order valence-corrected chi connectivity index (χ3v) is 11.7. The summed E-state index contributed by atoms with van der Waals surface area (Å²) in [5, 5.41) is 47.5. The fourth-order valence-electron chi connectivity index (χ4n) is 7.58. The molecule has 24 N–H and O–H groups in total. The maximum Gasteiger partial charge on any atom is 0.352 e. The number of amides is 8. The molecule has 0 aliphatic carbocycles. The van der Waals surface area contributed by atoms with Crippen LogP contribution in [-0.2, 0) is 49.6 Å². The number of guanidine groups is 1. The molecule has 1 aliphatic rings. The number of hydrogen-bond acceptors (Lipinski definition) is 17. The summed E-state index contributed by atoms with van der Waals surface area (Å²) in [4.78, 5) is 125. The molecule has 8 amide bonds. The topological polar surface area (TPSA) is 496 Å². The zero-order chi connectivity index (χ0) is 55.3. The third kappa shape index (κ3) is 22.4. The van der Waals surface area contributed by atoms with Gasteiger partial charge in [-0.1, -0.05) is 24.6 Å². The van der Waals surface area contributed by atoms with Crippen molar-refractivity contribution in [2.75, 3.05) is 45.8 Å². The number of likely N-dealkylation sites (tertiary alicyclic amines) is 1. The van der Waals surface area contributed by atoms with Gasteiger partial charge in [-0.3, -0.25) is 43.3 Å². The molecule has 0 radical (unpaired) electrons. The number of phenolic OH excluding ortho intramolecular Hbond substituents is 1. The van der Waals surface area contributed by atoms with E-state index in [4.69, 9.17) is 40.1 Å². The summed E-state index contributed by atoms with van der Waals surface area (Å²) in [7, 11) is 0. The van der Waals surface area contributed by atoms with Crippen LogP contribution in [-0.4, -0.2) is 174 Å². The molecule has 28 nitrogen and oxygen atoms in total. The van der Waals surface area contributed by atoms with Crippen LogP contribution in [0.1, 0.15) is 83.1 Å². The van der Waals surface area contributed by atoms with Crippen molar-refractivity contribution in [2.24, 2.45) is 45.1 Å². The average molecular weight is 1050 g/mol. The number of nitrogens with one attached hydrogen (secondary N) is 7. The molecule has 28 heteroatoms. The number of aliphatic carboxylic acids is 1. The number of nitrogens with zero attached hydrogens (tertiary/aromatic N) is 2. The smallest absolute Gasteiger partial charge is 0.352 e. The maximum absolute atomic E-state index is 14.2. The normalized spacial score (nSPS) is 16.2. The summed E-state index contributed by atoms with van der Waals surface area (Å²) in [5.41, 5.74) is 39.1. The highest BCUT2D eigenvalue weighted by atomic mass is 16.4. The van der Waals surface area contributed by atoms with Crippen molar-refractivity contribution in [2.45, 2.75) is 132 Å². The van der Waals surface area contributed by atoms with Crippen molar-refractivity contribution < 1.29 is 58.5 Å². The van der Waals surface area contributed by atoms with E-state index in [0.717, 1.165) is 0 Å². The van der Waals surface area contributed by atoms with Gasteiger partial charge in [-0.2, -0.15) is 0 Å². The number of carboxylic acid groups (broad SMARTS) is 1. The van der Waals surface area contributed by atoms with Gasteiger partial charge in [0, 0.05) is 26.1 Å². The Morgan fingerprint density at radius 2 is 1.39 bits per heavy atom. The molecule has 0 bridgehead atoms. The zero-order valence-electron chi connectivity index (χ0n) is 41.9. The molecule has 0 saturated carbocycles. The highest BCUT2D eigenvalue weighted by Gasteiger charge is 2.39. The lowest BCUT2D eigenvalue weighted by atomic mass is 10.0. The fourth-order valence-corrected chi connectivity index (χ4v) is 7.58. The molecule has 1 saturated heterocycles. The highest BCUT2D eigenvalue weighted by molar-refractivity contribution is 5.99. The summed E-state index contributed by atoms with van der Waals surface area (Å²) < 4.78 is 0. The Labute approximate surface area is 429 Å². The summed E-state index contributed by atoms with van der Waals surface area (Å²) in [6.07, 6.45) is 2.65. The van der Waals surface area contributed by atoms with Gasteiger partial charge in [0.05, 0.1) is 18.7 Å². The van der Waals surface area contributed by atoms with Gasteiger partial charge < -0.3 is 97.6 Å². The number of aromatic hydroxyl groups is 1. The Morgan fingerprint density at radius 1 is 0.757 bits per heavy atom. The Kier molecular flexibility index (Phi) is 28.7. The second-order valence-corrected chi connectivity index (χ2v) is 17.7. The molecular formula is C46H78N16O12. The van der Waals surface area contributed by atoms with Crippen molar-refractivity contribution in [3.8, 4) is 5.75 Å². The van der Waals surface area contributed by atoms with Crippen molar-refractivity contribution >= 4 is 59.2 Å². The number of phenols is 1. The molecular weight excluding hydrogens is 969 g/mol. The van der Waals surface area contributed by atoms with E-state index in [0.29, 0.717) is 44.2 Å². The van der Waals surface area contributed by atoms with Gasteiger partial charge >= 0.3 is 5.97 Å². The summed E-state index contributed by atoms with van der Waals surface area (Å²) in [5.74, 6) is -8.18. The lowest BCUT2D eigenvalue weighted by molar-refractivity contribution is -0.142. The van der Waals surface area contributed by atoms with Crippen LogP contribution < -0.4 is 77.4 Å². The largest absolute Gasteiger partial charge is 0.508 e. The summed E-state index contributed by atoms with van der Waals surface area (Å²) in [6.45, 7) is 1.11. The molecule has 1 aromatic carbocycles. The van der Waals surface area contributed by atoms with Gasteiger partial charge in [0.2, 0.25) is 47.3 Å². The van der Waals surface area contributed by atoms with E-state index in [2.05, 4.69) is 42.2 Å². The van der Waals surface area contributed by atoms with Crippen molar-refractivity contribution in [3.63, 3.8) is 0 Å². The van der Waals surface area contributed by atoms with Crippen LogP contribution in [0, 0.1) is 0 Å². The van der Waals surface area contributed by atoms with E-state index in [1.807, 2.05) is 0 Å². The summed E-state index contributed by atoms with van der Waals surface area (Å²) >= 11 is 0. The maximum atomic E-state index is 14.2. The number of unbranched alkanes of at least 4 members (excludes halogenated alkanes) is 2. The number of benzene rings is 1. The fraction of sp³-hybridized carbons (Fsp3) is 0.609. The van der Waals surface area contributed by atoms with Crippen LogP contribution in [0.5, 0.6) is 5.75 Å². The molecule has 2 rings (SSSR count). The lowest BCUT2D eigenvalue weighted by Gasteiger charge is -2.30. The molecule has 74 heavy (non-hydrogen) atoms. The zero-order valence-corrected chi connectivity index (χ0v) is 41.9. The van der Waals surface area contributed by atoms with Crippen LogP contribution in [0.25, 0.3) is 0 Å². The van der Waals surface area contributed by atoms with E-state index in [9.17, 15) is 58.5 Å². The predicted octanol–water partition coefficient (Wildman–Crippen LogP) is -6.12. The third-order valence-electron chi connectivity index (χ3n) is 11.7. The molecule has 414 valence electrons. The lowest BCUT2D eigenvalue weighted by Crippen LogP contribution is -2.60. The second-order valence-electron chi connectivity index (χ2n) is 17.7. The van der Waals surface area contributed by atoms with E-state index in [1.54, 1.807) is 0 Å². The Balaban J connectivity index is 2.25. The quantitative estimate of drug-likeness (QED) is 0.0132. The number of rotatable bonds is 34. The van der Waals surface area contributed by atoms with Crippen LogP contribution in [0.3, 0.4) is 0 Å². The number of aliphatic hydroxyl groups excluding tert-OH is 1. The van der Waals surface area contributed by atoms with Gasteiger partial charge in [-0.25, -0.2) is 4.79 Å². The van der Waals surface area contributed by atoms with Crippen molar-refractivity contribution in [1.29, 1.82) is 0 Å². The highest BCUT2D eigenvalue weighted by Crippen LogP contribution is 2.21. The number of nitrogens with two attached hydrogens (primary N) is 7. The number of aliphatic imine (C=N–C) groups is 1. The molecule has 0 spiro atoms. The van der Waals surface area contributed by atoms with E-state index in [1.165, 1.54) is 42.2 Å². The predicted molar refractivity (Wildman–Crippen MR) is 271 cm³/mol. The molecule has 0 unspecified atom stereocenters. The van der Waals surface area contributed by atoms with Gasteiger partial charge in [0.15, 0.2) is 5.96 Å².